The van der Waals surface area contributed by atoms with Gasteiger partial charge in [0.15, 0.2) is 0 Å². The molecule has 7 heteroatoms. The number of rotatable bonds is 3. The molecule has 0 bridgehead atoms. The van der Waals surface area contributed by atoms with E-state index < -0.39 is 10.8 Å². The molecule has 1 saturated carbocycles. The van der Waals surface area contributed by atoms with Crippen LogP contribution in [0.3, 0.4) is 0 Å². The molecule has 0 radical (unpaired) electrons. The molecule has 0 aromatic heterocycles. The summed E-state index contributed by atoms with van der Waals surface area (Å²) in [7, 11) is 0. The zero-order valence-corrected chi connectivity index (χ0v) is 13.0. The minimum atomic E-state index is -0.569. The zero-order chi connectivity index (χ0) is 14.7. The van der Waals surface area contributed by atoms with Gasteiger partial charge in [-0.2, -0.15) is 0 Å². The SMILES string of the molecule is O=C(NC1CCC(Br)CC1)c1cc(Cl)ccc1[N+](=O)[O-]. The van der Waals surface area contributed by atoms with Crippen molar-refractivity contribution in [3.63, 3.8) is 0 Å². The van der Waals surface area contributed by atoms with Gasteiger partial charge in [-0.1, -0.05) is 27.5 Å². The monoisotopic (exact) mass is 360 g/mol. The Labute approximate surface area is 130 Å². The molecular weight excluding hydrogens is 348 g/mol. The highest BCUT2D eigenvalue weighted by atomic mass is 79.9. The molecule has 1 amide bonds. The molecule has 1 aromatic carbocycles. The minimum absolute atomic E-state index is 0.0171. The fourth-order valence-corrected chi connectivity index (χ4v) is 3.01. The highest BCUT2D eigenvalue weighted by Crippen LogP contribution is 2.26. The van der Waals surface area contributed by atoms with E-state index in [1.807, 2.05) is 0 Å². The summed E-state index contributed by atoms with van der Waals surface area (Å²) in [5, 5.41) is 14.1. The van der Waals surface area contributed by atoms with Gasteiger partial charge in [-0.25, -0.2) is 0 Å². The molecule has 108 valence electrons. The van der Waals surface area contributed by atoms with Crippen LogP contribution in [0.15, 0.2) is 18.2 Å². The first-order valence-electron chi connectivity index (χ1n) is 6.36. The van der Waals surface area contributed by atoms with Crippen molar-refractivity contribution < 1.29 is 9.72 Å². The second-order valence-electron chi connectivity index (χ2n) is 4.84. The molecule has 5 nitrogen and oxygen atoms in total. The Morgan fingerprint density at radius 1 is 1.35 bits per heavy atom. The van der Waals surface area contributed by atoms with Gasteiger partial charge in [0.1, 0.15) is 5.56 Å². The number of halogens is 2. The molecule has 2 rings (SSSR count). The van der Waals surface area contributed by atoms with E-state index in [1.54, 1.807) is 0 Å². The average molecular weight is 362 g/mol. The Kier molecular flexibility index (Phi) is 4.99. The van der Waals surface area contributed by atoms with Gasteiger partial charge in [0, 0.05) is 22.0 Å². The third-order valence-corrected chi connectivity index (χ3v) is 4.54. The van der Waals surface area contributed by atoms with Crippen molar-refractivity contribution in [3.8, 4) is 0 Å². The largest absolute Gasteiger partial charge is 0.349 e. The molecule has 1 aliphatic carbocycles. The first-order chi connectivity index (χ1) is 9.47. The molecule has 0 spiro atoms. The Morgan fingerprint density at radius 3 is 2.60 bits per heavy atom. The van der Waals surface area contributed by atoms with Crippen molar-refractivity contribution in [3.05, 3.63) is 38.9 Å². The van der Waals surface area contributed by atoms with Crippen molar-refractivity contribution in [2.45, 2.75) is 36.6 Å². The van der Waals surface area contributed by atoms with Crippen LogP contribution < -0.4 is 5.32 Å². The van der Waals surface area contributed by atoms with Gasteiger partial charge in [-0.05, 0) is 37.8 Å². The van der Waals surface area contributed by atoms with Gasteiger partial charge < -0.3 is 5.32 Å². The van der Waals surface area contributed by atoms with Crippen LogP contribution in [0.2, 0.25) is 5.02 Å². The van der Waals surface area contributed by atoms with Gasteiger partial charge in [0.05, 0.1) is 4.92 Å². The van der Waals surface area contributed by atoms with Crippen LogP contribution in [0.5, 0.6) is 0 Å². The van der Waals surface area contributed by atoms with E-state index in [-0.39, 0.29) is 17.3 Å². The van der Waals surface area contributed by atoms with E-state index in [0.717, 1.165) is 25.7 Å². The normalized spacial score (nSPS) is 22.3. The summed E-state index contributed by atoms with van der Waals surface area (Å²) in [4.78, 5) is 23.1. The number of nitrogens with zero attached hydrogens (tertiary/aromatic N) is 1. The molecule has 20 heavy (non-hydrogen) atoms. The first-order valence-corrected chi connectivity index (χ1v) is 7.65. The number of alkyl halides is 1. The average Bonchev–Trinajstić information content (AvgIpc) is 2.41. The van der Waals surface area contributed by atoms with Crippen LogP contribution in [-0.2, 0) is 0 Å². The number of nitrogens with one attached hydrogen (secondary N) is 1. The lowest BCUT2D eigenvalue weighted by Crippen LogP contribution is -2.38. The topological polar surface area (TPSA) is 72.2 Å². The van der Waals surface area contributed by atoms with Crippen molar-refractivity contribution >= 4 is 39.1 Å². The van der Waals surface area contributed by atoms with Crippen LogP contribution in [0.25, 0.3) is 0 Å². The molecule has 1 aliphatic rings. The lowest BCUT2D eigenvalue weighted by Gasteiger charge is -2.26. The molecular formula is C13H14BrClN2O3. The van der Waals surface area contributed by atoms with Crippen LogP contribution >= 0.6 is 27.5 Å². The zero-order valence-electron chi connectivity index (χ0n) is 10.6. The molecule has 1 aromatic rings. The van der Waals surface area contributed by atoms with Crippen molar-refractivity contribution in [1.29, 1.82) is 0 Å². The Bertz CT molecular complexity index is 530. The van der Waals surface area contributed by atoms with E-state index in [2.05, 4.69) is 21.2 Å². The molecule has 0 aliphatic heterocycles. The first kappa shape index (κ1) is 15.3. The Morgan fingerprint density at radius 2 is 2.00 bits per heavy atom. The third kappa shape index (κ3) is 3.70. The molecule has 1 N–H and O–H groups in total. The van der Waals surface area contributed by atoms with Crippen molar-refractivity contribution in [2.75, 3.05) is 0 Å². The van der Waals surface area contributed by atoms with E-state index in [9.17, 15) is 14.9 Å². The summed E-state index contributed by atoms with van der Waals surface area (Å²) in [6, 6.07) is 4.07. The number of benzene rings is 1. The second-order valence-corrected chi connectivity index (χ2v) is 6.57. The summed E-state index contributed by atoms with van der Waals surface area (Å²) in [5.74, 6) is -0.433. The summed E-state index contributed by atoms with van der Waals surface area (Å²) < 4.78 is 0. The fraction of sp³-hybridized carbons (Fsp3) is 0.462. The predicted molar refractivity (Wildman–Crippen MR) is 80.5 cm³/mol. The van der Waals surface area contributed by atoms with E-state index in [0.29, 0.717) is 9.85 Å². The maximum atomic E-state index is 12.2. The fourth-order valence-electron chi connectivity index (χ4n) is 2.31. The standard InChI is InChI=1S/C13H14BrClN2O3/c14-8-1-4-10(5-2-8)16-13(18)11-7-9(15)3-6-12(11)17(19)20/h3,6-8,10H,1-2,4-5H2,(H,16,18). The van der Waals surface area contributed by atoms with Crippen LogP contribution in [0.4, 0.5) is 5.69 Å². The lowest BCUT2D eigenvalue weighted by atomic mass is 9.95. The smallest absolute Gasteiger partial charge is 0.282 e. The van der Waals surface area contributed by atoms with E-state index in [1.165, 1.54) is 18.2 Å². The number of carbonyl (C=O) groups is 1. The molecule has 0 heterocycles. The number of nitro benzene ring substituents is 1. The summed E-state index contributed by atoms with van der Waals surface area (Å²) in [6.07, 6.45) is 3.72. The highest BCUT2D eigenvalue weighted by Gasteiger charge is 2.25. The number of hydrogen-bond donors (Lipinski definition) is 1. The number of nitro groups is 1. The maximum absolute atomic E-state index is 12.2. The number of amides is 1. The molecule has 0 unspecified atom stereocenters. The number of hydrogen-bond acceptors (Lipinski definition) is 3. The van der Waals surface area contributed by atoms with Gasteiger partial charge in [-0.15, -0.1) is 0 Å². The Hall–Kier alpha value is -1.14. The lowest BCUT2D eigenvalue weighted by molar-refractivity contribution is -0.385. The minimum Gasteiger partial charge on any atom is -0.349 e. The quantitative estimate of drug-likeness (QED) is 0.507. The molecule has 0 saturated heterocycles. The van der Waals surface area contributed by atoms with Crippen molar-refractivity contribution in [2.24, 2.45) is 0 Å². The number of carbonyl (C=O) groups excluding carboxylic acids is 1. The molecule has 0 atom stereocenters. The van der Waals surface area contributed by atoms with E-state index in [4.69, 9.17) is 11.6 Å². The summed E-state index contributed by atoms with van der Waals surface area (Å²) in [5.41, 5.74) is -0.204. The van der Waals surface area contributed by atoms with Gasteiger partial charge in [0.2, 0.25) is 0 Å². The Balaban J connectivity index is 2.12. The van der Waals surface area contributed by atoms with Gasteiger partial charge in [-0.3, -0.25) is 14.9 Å². The van der Waals surface area contributed by atoms with Gasteiger partial charge in [0.25, 0.3) is 11.6 Å². The summed E-state index contributed by atoms with van der Waals surface area (Å²) >= 11 is 9.37. The predicted octanol–water partition coefficient (Wildman–Crippen LogP) is 3.68. The molecule has 1 fully saturated rings. The summed E-state index contributed by atoms with van der Waals surface area (Å²) in [6.45, 7) is 0. The van der Waals surface area contributed by atoms with Crippen LogP contribution in [-0.4, -0.2) is 21.7 Å². The maximum Gasteiger partial charge on any atom is 0.282 e. The highest BCUT2D eigenvalue weighted by molar-refractivity contribution is 9.09. The second kappa shape index (κ2) is 6.54. The van der Waals surface area contributed by atoms with Crippen molar-refractivity contribution in [1.82, 2.24) is 5.32 Å². The third-order valence-electron chi connectivity index (χ3n) is 3.39. The van der Waals surface area contributed by atoms with E-state index >= 15 is 0 Å². The van der Waals surface area contributed by atoms with Crippen LogP contribution in [0.1, 0.15) is 36.0 Å². The van der Waals surface area contributed by atoms with Crippen LogP contribution in [0, 0.1) is 10.1 Å². The van der Waals surface area contributed by atoms with Gasteiger partial charge >= 0.3 is 0 Å².